The van der Waals surface area contributed by atoms with Gasteiger partial charge < -0.3 is 19.4 Å². The minimum Gasteiger partial charge on any atom is -0.545 e. The number of carboxylic acids is 1. The third kappa shape index (κ3) is 4.78. The molecule has 0 bridgehead atoms. The van der Waals surface area contributed by atoms with Crippen LogP contribution in [0.4, 0.5) is 0 Å². The number of carbonyl (C=O) groups is 1. The minimum absolute atomic E-state index is 0. The number of pyridine rings is 1. The molecule has 5 nitrogen and oxygen atoms in total. The predicted molar refractivity (Wildman–Crippen MR) is 58.2 cm³/mol. The van der Waals surface area contributed by atoms with E-state index in [2.05, 4.69) is 0 Å². The maximum Gasteiger partial charge on any atom is 1.00 e. The Kier molecular flexibility index (Phi) is 6.89. The summed E-state index contributed by atoms with van der Waals surface area (Å²) in [5, 5.41) is 10.6. The average molecular weight is 230 g/mol. The largest absolute Gasteiger partial charge is 1.00 e. The molecule has 1 rings (SSSR count). The molecule has 0 spiro atoms. The number of hydrogen-bond donors (Lipinski definition) is 0. The van der Waals surface area contributed by atoms with Crippen LogP contribution in [0.1, 0.15) is 16.8 Å². The number of carbonyl (C=O) groups excluding carboxylic acids is 1. The Hall–Kier alpha value is -1.02. The Morgan fingerprint density at radius 3 is 2.65 bits per heavy atom. The summed E-state index contributed by atoms with van der Waals surface area (Å²) < 4.78 is 1.40. The molecule has 0 fully saturated rings. The van der Waals surface area contributed by atoms with Crippen molar-refractivity contribution in [3.05, 3.63) is 34.2 Å². The maximum absolute atomic E-state index is 11.6. The molecule has 1 aromatic heterocycles. The summed E-state index contributed by atoms with van der Waals surface area (Å²) in [6.45, 7) is 1.36. The molecule has 1 heterocycles. The van der Waals surface area contributed by atoms with Crippen molar-refractivity contribution in [3.63, 3.8) is 0 Å². The first-order valence-electron chi connectivity index (χ1n) is 5.08. The smallest absolute Gasteiger partial charge is 0.545 e. The number of aromatic nitrogens is 1. The summed E-state index contributed by atoms with van der Waals surface area (Å²) in [5.41, 5.74) is -0.784. The van der Waals surface area contributed by atoms with Crippen molar-refractivity contribution in [2.75, 3.05) is 20.6 Å². The normalized spacial score (nSPS) is 10.1. The van der Waals surface area contributed by atoms with E-state index in [1.165, 1.54) is 10.6 Å². The fraction of sp³-hybridized carbons (Fsp3) is 0.455. The van der Waals surface area contributed by atoms with Gasteiger partial charge in [0, 0.05) is 12.7 Å². The van der Waals surface area contributed by atoms with E-state index >= 15 is 0 Å². The van der Waals surface area contributed by atoms with Gasteiger partial charge in [-0.25, -0.2) is 0 Å². The number of nitrogens with zero attached hydrogens (tertiary/aromatic N) is 2. The third-order valence-electron chi connectivity index (χ3n) is 2.24. The molecular formula is C11H15LiN2O3. The van der Waals surface area contributed by atoms with E-state index in [0.29, 0.717) is 6.54 Å². The monoisotopic (exact) mass is 230 g/mol. The van der Waals surface area contributed by atoms with Crippen LogP contribution in [-0.4, -0.2) is 36.1 Å². The van der Waals surface area contributed by atoms with Gasteiger partial charge in [0.25, 0.3) is 5.56 Å². The molecule has 6 heteroatoms. The third-order valence-corrected chi connectivity index (χ3v) is 2.24. The Balaban J connectivity index is 0.00000256. The number of aryl methyl sites for hydroxylation is 1. The van der Waals surface area contributed by atoms with Crippen molar-refractivity contribution in [3.8, 4) is 0 Å². The molecule has 0 aliphatic carbocycles. The first kappa shape index (κ1) is 16.0. The first-order chi connectivity index (χ1) is 7.52. The summed E-state index contributed by atoms with van der Waals surface area (Å²) >= 11 is 0. The van der Waals surface area contributed by atoms with Gasteiger partial charge in [-0.1, -0.05) is 0 Å². The van der Waals surface area contributed by atoms with Gasteiger partial charge in [-0.05, 0) is 39.2 Å². The molecule has 0 aliphatic heterocycles. The second-order valence-corrected chi connectivity index (χ2v) is 3.86. The van der Waals surface area contributed by atoms with Crippen LogP contribution in [0.3, 0.4) is 0 Å². The van der Waals surface area contributed by atoms with Gasteiger partial charge in [-0.3, -0.25) is 4.79 Å². The zero-order valence-corrected chi connectivity index (χ0v) is 10.5. The number of carboxylic acid groups (broad SMARTS) is 1. The summed E-state index contributed by atoms with van der Waals surface area (Å²) in [7, 11) is 3.89. The fourth-order valence-corrected chi connectivity index (χ4v) is 1.43. The molecule has 0 radical (unpaired) electrons. The van der Waals surface area contributed by atoms with E-state index < -0.39 is 11.5 Å². The Morgan fingerprint density at radius 2 is 2.12 bits per heavy atom. The molecule has 0 N–H and O–H groups in total. The molecule has 1 aromatic rings. The molecule has 0 amide bonds. The summed E-state index contributed by atoms with van der Waals surface area (Å²) in [6, 6.07) is 2.81. The van der Waals surface area contributed by atoms with E-state index in [4.69, 9.17) is 0 Å². The van der Waals surface area contributed by atoms with Gasteiger partial charge in [-0.2, -0.15) is 0 Å². The summed E-state index contributed by atoms with van der Waals surface area (Å²) in [5.74, 6) is -1.42. The van der Waals surface area contributed by atoms with Crippen molar-refractivity contribution in [1.82, 2.24) is 9.47 Å². The van der Waals surface area contributed by atoms with Crippen molar-refractivity contribution in [2.24, 2.45) is 0 Å². The molecule has 88 valence electrons. The van der Waals surface area contributed by atoms with Crippen LogP contribution in [0.25, 0.3) is 0 Å². The Bertz CT molecular complexity index is 429. The quantitative estimate of drug-likeness (QED) is 0.486. The second-order valence-electron chi connectivity index (χ2n) is 3.86. The van der Waals surface area contributed by atoms with Crippen LogP contribution in [-0.2, 0) is 6.54 Å². The summed E-state index contributed by atoms with van der Waals surface area (Å²) in [6.07, 6.45) is 2.38. The molecule has 0 aliphatic rings. The van der Waals surface area contributed by atoms with Crippen molar-refractivity contribution >= 4 is 5.97 Å². The van der Waals surface area contributed by atoms with Crippen LogP contribution in [0.15, 0.2) is 23.1 Å². The molecular weight excluding hydrogens is 215 g/mol. The van der Waals surface area contributed by atoms with E-state index in [-0.39, 0.29) is 24.4 Å². The van der Waals surface area contributed by atoms with Gasteiger partial charge in [0.2, 0.25) is 0 Å². The van der Waals surface area contributed by atoms with Crippen LogP contribution < -0.4 is 29.5 Å². The zero-order valence-electron chi connectivity index (χ0n) is 10.5. The van der Waals surface area contributed by atoms with Gasteiger partial charge in [-0.15, -0.1) is 0 Å². The van der Waals surface area contributed by atoms with Gasteiger partial charge >= 0.3 is 18.9 Å². The van der Waals surface area contributed by atoms with E-state index in [9.17, 15) is 14.7 Å². The van der Waals surface area contributed by atoms with Gasteiger partial charge in [0.05, 0.1) is 11.5 Å². The molecule has 0 unspecified atom stereocenters. The summed E-state index contributed by atoms with van der Waals surface area (Å²) in [4.78, 5) is 24.2. The Labute approximate surface area is 112 Å². The number of hydrogen-bond acceptors (Lipinski definition) is 4. The molecule has 0 atom stereocenters. The second kappa shape index (κ2) is 7.33. The topological polar surface area (TPSA) is 65.4 Å². The SMILES string of the molecule is CN(C)CCCn1cccc(C(=O)[O-])c1=O.[Li+]. The minimum atomic E-state index is -1.42. The molecule has 0 saturated heterocycles. The standard InChI is InChI=1S/C11H16N2O3.Li/c1-12(2)6-4-8-13-7-3-5-9(10(13)14)11(15)16;/h3,5,7H,4,6,8H2,1-2H3,(H,15,16);/q;+1/p-1. The average Bonchev–Trinajstić information content (AvgIpc) is 2.19. The van der Waals surface area contributed by atoms with E-state index in [1.54, 1.807) is 12.3 Å². The van der Waals surface area contributed by atoms with Gasteiger partial charge in [0.1, 0.15) is 0 Å². The predicted octanol–water partition coefficient (Wildman–Crippen LogP) is -3.83. The van der Waals surface area contributed by atoms with Crippen LogP contribution >= 0.6 is 0 Å². The maximum atomic E-state index is 11.6. The van der Waals surface area contributed by atoms with Crippen molar-refractivity contribution in [2.45, 2.75) is 13.0 Å². The van der Waals surface area contributed by atoms with Crippen LogP contribution in [0, 0.1) is 0 Å². The van der Waals surface area contributed by atoms with Gasteiger partial charge in [0.15, 0.2) is 0 Å². The molecule has 0 aromatic carbocycles. The van der Waals surface area contributed by atoms with Crippen LogP contribution in [0.2, 0.25) is 0 Å². The fourth-order valence-electron chi connectivity index (χ4n) is 1.43. The van der Waals surface area contributed by atoms with Crippen molar-refractivity contribution in [1.29, 1.82) is 0 Å². The zero-order chi connectivity index (χ0) is 12.1. The van der Waals surface area contributed by atoms with E-state index in [1.807, 2.05) is 19.0 Å². The molecule has 0 saturated carbocycles. The number of rotatable bonds is 5. The first-order valence-corrected chi connectivity index (χ1v) is 5.08. The number of aromatic carboxylic acids is 1. The van der Waals surface area contributed by atoms with Crippen molar-refractivity contribution < 1.29 is 28.8 Å². The molecule has 17 heavy (non-hydrogen) atoms. The van der Waals surface area contributed by atoms with Crippen LogP contribution in [0.5, 0.6) is 0 Å². The van der Waals surface area contributed by atoms with E-state index in [0.717, 1.165) is 13.0 Å². The Morgan fingerprint density at radius 1 is 1.47 bits per heavy atom.